The van der Waals surface area contributed by atoms with Gasteiger partial charge in [0.05, 0.1) is 10.6 Å². The number of benzene rings is 1. The molecule has 4 N–H and O–H groups in total. The highest BCUT2D eigenvalue weighted by Gasteiger charge is 2.18. The molecule has 2 rings (SSSR count). The monoisotopic (exact) mass is 274 g/mol. The van der Waals surface area contributed by atoms with E-state index in [4.69, 9.17) is 16.7 Å². The van der Waals surface area contributed by atoms with Gasteiger partial charge >= 0.3 is 5.69 Å². The predicted molar refractivity (Wildman–Crippen MR) is 67.6 cm³/mol. The number of hydrogen-bond acceptors (Lipinski definition) is 7. The molecule has 0 amide bonds. The van der Waals surface area contributed by atoms with Gasteiger partial charge in [-0.25, -0.2) is 4.98 Å². The van der Waals surface area contributed by atoms with Crippen molar-refractivity contribution in [3.8, 4) is 17.3 Å². The van der Waals surface area contributed by atoms with Crippen LogP contribution in [0.4, 0.5) is 21.8 Å². The lowest BCUT2D eigenvalue weighted by Gasteiger charge is -2.06. The van der Waals surface area contributed by atoms with Gasteiger partial charge in [-0.3, -0.25) is 10.1 Å². The van der Waals surface area contributed by atoms with E-state index in [1.807, 2.05) is 0 Å². The lowest BCUT2D eigenvalue weighted by molar-refractivity contribution is -0.387. The van der Waals surface area contributed by atoms with Crippen molar-refractivity contribution in [3.05, 3.63) is 39.7 Å². The normalized spacial score (nSPS) is 10.0. The Morgan fingerprint density at radius 3 is 2.60 bits per heavy atom. The maximum Gasteiger partial charge on any atom is 0.304 e. The standard InChI is InChI=1S/C11H7FN6O2/c12-7-3-5(1-2-8(7)18(19)20)9-6(4-13)10(14)17-11(15)16-9/h1-3H,(H4,14,15,16,17). The molecule has 1 heterocycles. The number of halogens is 1. The highest BCUT2D eigenvalue weighted by molar-refractivity contribution is 5.73. The number of anilines is 2. The van der Waals surface area contributed by atoms with Crippen LogP contribution in [0.25, 0.3) is 11.3 Å². The van der Waals surface area contributed by atoms with Crippen LogP contribution in [0.5, 0.6) is 0 Å². The van der Waals surface area contributed by atoms with E-state index in [9.17, 15) is 14.5 Å². The van der Waals surface area contributed by atoms with Gasteiger partial charge in [-0.1, -0.05) is 0 Å². The van der Waals surface area contributed by atoms with E-state index < -0.39 is 16.4 Å². The molecule has 0 unspecified atom stereocenters. The van der Waals surface area contributed by atoms with Crippen LogP contribution in [0.15, 0.2) is 18.2 Å². The molecular formula is C11H7FN6O2. The van der Waals surface area contributed by atoms with Crippen LogP contribution < -0.4 is 11.5 Å². The summed E-state index contributed by atoms with van der Waals surface area (Å²) in [4.78, 5) is 17.1. The summed E-state index contributed by atoms with van der Waals surface area (Å²) in [6.07, 6.45) is 0. The number of nitrogen functional groups attached to an aromatic ring is 2. The fraction of sp³-hybridized carbons (Fsp3) is 0. The molecule has 0 saturated heterocycles. The summed E-state index contributed by atoms with van der Waals surface area (Å²) in [5, 5.41) is 19.6. The fourth-order valence-electron chi connectivity index (χ4n) is 1.62. The van der Waals surface area contributed by atoms with Crippen LogP contribution >= 0.6 is 0 Å². The van der Waals surface area contributed by atoms with Crippen molar-refractivity contribution in [2.75, 3.05) is 11.5 Å². The summed E-state index contributed by atoms with van der Waals surface area (Å²) in [6.45, 7) is 0. The van der Waals surface area contributed by atoms with Crippen LogP contribution in [0.3, 0.4) is 0 Å². The first-order chi connectivity index (χ1) is 9.43. The van der Waals surface area contributed by atoms with Gasteiger partial charge in [-0.15, -0.1) is 0 Å². The third-order valence-corrected chi connectivity index (χ3v) is 2.48. The van der Waals surface area contributed by atoms with Gasteiger partial charge in [0, 0.05) is 11.6 Å². The molecule has 0 aliphatic carbocycles. The molecule has 8 nitrogen and oxygen atoms in total. The Balaban J connectivity index is 2.67. The minimum atomic E-state index is -1.05. The topological polar surface area (TPSA) is 145 Å². The summed E-state index contributed by atoms with van der Waals surface area (Å²) >= 11 is 0. The SMILES string of the molecule is N#Cc1c(N)nc(N)nc1-c1ccc([N+](=O)[O-])c(F)c1. The Morgan fingerprint density at radius 2 is 2.05 bits per heavy atom. The van der Waals surface area contributed by atoms with Gasteiger partial charge in [0.1, 0.15) is 17.5 Å². The lowest BCUT2D eigenvalue weighted by atomic mass is 10.1. The molecule has 20 heavy (non-hydrogen) atoms. The van der Waals surface area contributed by atoms with Gasteiger partial charge in [0.15, 0.2) is 0 Å². The molecule has 0 bridgehead atoms. The first-order valence-electron chi connectivity index (χ1n) is 5.21. The fourth-order valence-corrected chi connectivity index (χ4v) is 1.62. The second-order valence-electron chi connectivity index (χ2n) is 3.73. The van der Waals surface area contributed by atoms with E-state index >= 15 is 0 Å². The Labute approximate surface area is 111 Å². The van der Waals surface area contributed by atoms with E-state index in [-0.39, 0.29) is 28.6 Å². The Morgan fingerprint density at radius 1 is 1.35 bits per heavy atom. The summed E-state index contributed by atoms with van der Waals surface area (Å²) < 4.78 is 13.6. The van der Waals surface area contributed by atoms with Crippen LogP contribution in [0, 0.1) is 27.3 Å². The number of rotatable bonds is 2. The second-order valence-corrected chi connectivity index (χ2v) is 3.73. The largest absolute Gasteiger partial charge is 0.382 e. The number of nitro benzene ring substituents is 1. The summed E-state index contributed by atoms with van der Waals surface area (Å²) in [5.74, 6) is -1.38. The van der Waals surface area contributed by atoms with Gasteiger partial charge in [-0.05, 0) is 12.1 Å². The lowest BCUT2D eigenvalue weighted by Crippen LogP contribution is -2.05. The molecule has 0 spiro atoms. The van der Waals surface area contributed by atoms with Crippen molar-refractivity contribution < 1.29 is 9.31 Å². The van der Waals surface area contributed by atoms with Crippen LogP contribution in [-0.4, -0.2) is 14.9 Å². The highest BCUT2D eigenvalue weighted by Crippen LogP contribution is 2.28. The Bertz CT molecular complexity index is 755. The molecule has 2 aromatic rings. The maximum atomic E-state index is 13.6. The molecule has 100 valence electrons. The number of nitrogens with two attached hydrogens (primary N) is 2. The average molecular weight is 274 g/mol. The van der Waals surface area contributed by atoms with E-state index in [1.54, 1.807) is 6.07 Å². The van der Waals surface area contributed by atoms with Gasteiger partial charge in [-0.2, -0.15) is 14.6 Å². The second kappa shape index (κ2) is 4.77. The maximum absolute atomic E-state index is 13.6. The third-order valence-electron chi connectivity index (χ3n) is 2.48. The number of hydrogen-bond donors (Lipinski definition) is 2. The number of nitriles is 1. The summed E-state index contributed by atoms with van der Waals surface area (Å²) in [6, 6.07) is 4.90. The molecular weight excluding hydrogens is 267 g/mol. The first-order valence-corrected chi connectivity index (χ1v) is 5.21. The Hall–Kier alpha value is -3.28. The van der Waals surface area contributed by atoms with E-state index in [0.29, 0.717) is 0 Å². The summed E-state index contributed by atoms with van der Waals surface area (Å²) in [5.41, 5.74) is 10.4. The molecule has 0 aliphatic heterocycles. The predicted octanol–water partition coefficient (Wildman–Crippen LogP) is 1.23. The minimum absolute atomic E-state index is 0.0197. The van der Waals surface area contributed by atoms with Crippen LogP contribution in [0.2, 0.25) is 0 Å². The van der Waals surface area contributed by atoms with Crippen molar-refractivity contribution in [2.45, 2.75) is 0 Å². The molecule has 0 aliphatic rings. The zero-order valence-electron chi connectivity index (χ0n) is 9.87. The van der Waals surface area contributed by atoms with E-state index in [1.165, 1.54) is 6.07 Å². The zero-order valence-corrected chi connectivity index (χ0v) is 9.87. The molecule has 1 aromatic carbocycles. The van der Waals surface area contributed by atoms with E-state index in [0.717, 1.165) is 12.1 Å². The summed E-state index contributed by atoms with van der Waals surface area (Å²) in [7, 11) is 0. The minimum Gasteiger partial charge on any atom is -0.382 e. The molecule has 9 heteroatoms. The smallest absolute Gasteiger partial charge is 0.304 e. The number of nitrogens with zero attached hydrogens (tertiary/aromatic N) is 4. The van der Waals surface area contributed by atoms with Gasteiger partial charge < -0.3 is 11.5 Å². The van der Waals surface area contributed by atoms with Crippen molar-refractivity contribution >= 4 is 17.5 Å². The molecule has 0 radical (unpaired) electrons. The Kier molecular flexibility index (Phi) is 3.14. The van der Waals surface area contributed by atoms with Gasteiger partial charge in [0.25, 0.3) is 0 Å². The molecule has 1 aromatic heterocycles. The van der Waals surface area contributed by atoms with Crippen molar-refractivity contribution in [2.24, 2.45) is 0 Å². The van der Waals surface area contributed by atoms with E-state index in [2.05, 4.69) is 9.97 Å². The average Bonchev–Trinajstić information content (AvgIpc) is 2.37. The van der Waals surface area contributed by atoms with Crippen molar-refractivity contribution in [3.63, 3.8) is 0 Å². The highest BCUT2D eigenvalue weighted by atomic mass is 19.1. The number of nitro groups is 1. The third kappa shape index (κ3) is 2.17. The van der Waals surface area contributed by atoms with Gasteiger partial charge in [0.2, 0.25) is 11.8 Å². The number of aromatic nitrogens is 2. The molecule has 0 atom stereocenters. The van der Waals surface area contributed by atoms with Crippen LogP contribution in [0.1, 0.15) is 5.56 Å². The molecule has 0 fully saturated rings. The van der Waals surface area contributed by atoms with Crippen molar-refractivity contribution in [1.29, 1.82) is 5.26 Å². The van der Waals surface area contributed by atoms with Crippen LogP contribution in [-0.2, 0) is 0 Å². The quantitative estimate of drug-likeness (QED) is 0.618. The first kappa shape index (κ1) is 13.2. The van der Waals surface area contributed by atoms with Crippen molar-refractivity contribution in [1.82, 2.24) is 9.97 Å². The zero-order chi connectivity index (χ0) is 14.9. The molecule has 0 saturated carbocycles.